The van der Waals surface area contributed by atoms with Crippen LogP contribution < -0.4 is 5.32 Å². The summed E-state index contributed by atoms with van der Waals surface area (Å²) in [4.78, 5) is 18.0. The zero-order valence-corrected chi connectivity index (χ0v) is 11.0. The van der Waals surface area contributed by atoms with E-state index in [1.165, 1.54) is 6.26 Å². The van der Waals surface area contributed by atoms with Crippen LogP contribution in [-0.4, -0.2) is 36.4 Å². The van der Waals surface area contributed by atoms with E-state index in [-0.39, 0.29) is 11.9 Å². The fourth-order valence-electron chi connectivity index (χ4n) is 1.86. The average molecular weight is 259 g/mol. The Morgan fingerprint density at radius 3 is 2.84 bits per heavy atom. The fourth-order valence-corrected chi connectivity index (χ4v) is 1.86. The third-order valence-corrected chi connectivity index (χ3v) is 2.89. The average Bonchev–Trinajstić information content (AvgIpc) is 2.93. The minimum atomic E-state index is -0.208. The Morgan fingerprint density at radius 1 is 1.42 bits per heavy atom. The third kappa shape index (κ3) is 3.42. The van der Waals surface area contributed by atoms with Crippen LogP contribution in [0.5, 0.6) is 0 Å². The number of rotatable bonds is 5. The summed E-state index contributed by atoms with van der Waals surface area (Å²) in [5.41, 5.74) is 1.06. The van der Waals surface area contributed by atoms with E-state index >= 15 is 0 Å². The van der Waals surface area contributed by atoms with Gasteiger partial charge in [0.15, 0.2) is 5.76 Å². The van der Waals surface area contributed by atoms with Crippen molar-refractivity contribution in [3.63, 3.8) is 0 Å². The molecule has 0 aliphatic heterocycles. The summed E-state index contributed by atoms with van der Waals surface area (Å²) in [6.45, 7) is 0.498. The number of likely N-dealkylation sites (N-methyl/N-ethyl adjacent to an activating group) is 1. The number of pyridine rings is 1. The van der Waals surface area contributed by atoms with Crippen molar-refractivity contribution in [2.75, 3.05) is 20.6 Å². The fraction of sp³-hybridized carbons (Fsp3) is 0.286. The molecule has 0 saturated heterocycles. The lowest BCUT2D eigenvalue weighted by Gasteiger charge is -2.24. The van der Waals surface area contributed by atoms with Gasteiger partial charge in [-0.3, -0.25) is 9.78 Å². The first-order valence-electron chi connectivity index (χ1n) is 6.06. The molecule has 1 unspecified atom stereocenters. The van der Waals surface area contributed by atoms with E-state index < -0.39 is 0 Å². The van der Waals surface area contributed by atoms with Crippen LogP contribution in [0.2, 0.25) is 0 Å². The summed E-state index contributed by atoms with van der Waals surface area (Å²) in [7, 11) is 3.94. The summed E-state index contributed by atoms with van der Waals surface area (Å²) in [6.07, 6.45) is 5.03. The molecule has 0 aliphatic rings. The van der Waals surface area contributed by atoms with Gasteiger partial charge in [-0.2, -0.15) is 0 Å². The molecule has 0 spiro atoms. The van der Waals surface area contributed by atoms with E-state index in [2.05, 4.69) is 10.3 Å². The quantitative estimate of drug-likeness (QED) is 0.888. The van der Waals surface area contributed by atoms with Crippen LogP contribution in [0.4, 0.5) is 0 Å². The van der Waals surface area contributed by atoms with Crippen molar-refractivity contribution in [2.24, 2.45) is 0 Å². The molecule has 100 valence electrons. The second-order valence-corrected chi connectivity index (χ2v) is 4.45. The molecule has 0 radical (unpaired) electrons. The molecular formula is C14H17N3O2. The summed E-state index contributed by atoms with van der Waals surface area (Å²) >= 11 is 0. The van der Waals surface area contributed by atoms with Crippen molar-refractivity contribution in [1.82, 2.24) is 15.2 Å². The number of hydrogen-bond acceptors (Lipinski definition) is 4. The van der Waals surface area contributed by atoms with Crippen LogP contribution in [0.3, 0.4) is 0 Å². The lowest BCUT2D eigenvalue weighted by Crippen LogP contribution is -2.34. The molecule has 0 fully saturated rings. The molecule has 0 saturated carbocycles. The van der Waals surface area contributed by atoms with Crippen LogP contribution >= 0.6 is 0 Å². The molecule has 0 bridgehead atoms. The Hall–Kier alpha value is -2.14. The molecule has 19 heavy (non-hydrogen) atoms. The lowest BCUT2D eigenvalue weighted by atomic mass is 10.1. The van der Waals surface area contributed by atoms with Gasteiger partial charge in [-0.15, -0.1) is 0 Å². The predicted octanol–water partition coefficient (Wildman–Crippen LogP) is 1.71. The lowest BCUT2D eigenvalue weighted by molar-refractivity contribution is 0.0914. The highest BCUT2D eigenvalue weighted by Crippen LogP contribution is 2.15. The minimum Gasteiger partial charge on any atom is -0.459 e. The highest BCUT2D eigenvalue weighted by atomic mass is 16.3. The Balaban J connectivity index is 2.01. The van der Waals surface area contributed by atoms with Gasteiger partial charge < -0.3 is 14.6 Å². The van der Waals surface area contributed by atoms with E-state index in [0.717, 1.165) is 5.56 Å². The minimum absolute atomic E-state index is 0.0765. The molecule has 0 aromatic carbocycles. The Labute approximate surface area is 112 Å². The monoisotopic (exact) mass is 259 g/mol. The zero-order chi connectivity index (χ0) is 13.7. The van der Waals surface area contributed by atoms with Crippen LogP contribution in [-0.2, 0) is 0 Å². The van der Waals surface area contributed by atoms with Gasteiger partial charge in [0, 0.05) is 18.9 Å². The zero-order valence-electron chi connectivity index (χ0n) is 11.0. The van der Waals surface area contributed by atoms with Gasteiger partial charge in [0.1, 0.15) is 0 Å². The Kier molecular flexibility index (Phi) is 4.30. The van der Waals surface area contributed by atoms with Gasteiger partial charge in [0.05, 0.1) is 12.3 Å². The second-order valence-electron chi connectivity index (χ2n) is 4.45. The molecule has 2 aromatic rings. The molecule has 2 heterocycles. The van der Waals surface area contributed by atoms with Gasteiger partial charge in [-0.1, -0.05) is 6.07 Å². The first kappa shape index (κ1) is 13.3. The van der Waals surface area contributed by atoms with Gasteiger partial charge in [0.25, 0.3) is 5.91 Å². The number of aromatic nitrogens is 1. The largest absolute Gasteiger partial charge is 0.459 e. The molecule has 1 atom stereocenters. The number of carbonyl (C=O) groups is 1. The van der Waals surface area contributed by atoms with E-state index in [4.69, 9.17) is 4.42 Å². The molecular weight excluding hydrogens is 242 g/mol. The summed E-state index contributed by atoms with van der Waals surface area (Å²) in [5, 5.41) is 2.86. The smallest absolute Gasteiger partial charge is 0.287 e. The van der Waals surface area contributed by atoms with Crippen LogP contribution in [0.15, 0.2) is 47.3 Å². The van der Waals surface area contributed by atoms with E-state index in [9.17, 15) is 4.79 Å². The maximum absolute atomic E-state index is 11.8. The van der Waals surface area contributed by atoms with Crippen LogP contribution in [0.25, 0.3) is 0 Å². The standard InChI is InChI=1S/C14H17N3O2/c1-17(2)12(11-5-3-7-15-9-11)10-16-14(18)13-6-4-8-19-13/h3-9,12H,10H2,1-2H3,(H,16,18). The van der Waals surface area contributed by atoms with E-state index in [1.54, 1.807) is 18.3 Å². The van der Waals surface area contributed by atoms with Crippen molar-refractivity contribution < 1.29 is 9.21 Å². The van der Waals surface area contributed by atoms with E-state index in [1.807, 2.05) is 37.3 Å². The number of amides is 1. The SMILES string of the molecule is CN(C)C(CNC(=O)c1ccco1)c1cccnc1. The topological polar surface area (TPSA) is 58.4 Å². The number of carbonyl (C=O) groups excluding carboxylic acids is 1. The van der Waals surface area contributed by atoms with Crippen LogP contribution in [0, 0.1) is 0 Å². The predicted molar refractivity (Wildman–Crippen MR) is 71.7 cm³/mol. The molecule has 2 aromatic heterocycles. The van der Waals surface area contributed by atoms with Gasteiger partial charge in [0.2, 0.25) is 0 Å². The van der Waals surface area contributed by atoms with Crippen molar-refractivity contribution in [2.45, 2.75) is 6.04 Å². The number of hydrogen-bond donors (Lipinski definition) is 1. The first-order chi connectivity index (χ1) is 9.18. The number of furan rings is 1. The number of nitrogens with zero attached hydrogens (tertiary/aromatic N) is 2. The highest BCUT2D eigenvalue weighted by Gasteiger charge is 2.16. The van der Waals surface area contributed by atoms with Gasteiger partial charge in [-0.05, 0) is 37.9 Å². The third-order valence-electron chi connectivity index (χ3n) is 2.89. The Bertz CT molecular complexity index is 509. The van der Waals surface area contributed by atoms with Crippen molar-refractivity contribution in [1.29, 1.82) is 0 Å². The first-order valence-corrected chi connectivity index (χ1v) is 6.06. The normalized spacial score (nSPS) is 12.4. The summed E-state index contributed by atoms with van der Waals surface area (Å²) in [6, 6.07) is 7.30. The molecule has 1 amide bonds. The number of nitrogens with one attached hydrogen (secondary N) is 1. The van der Waals surface area contributed by atoms with Gasteiger partial charge in [-0.25, -0.2) is 0 Å². The van der Waals surface area contributed by atoms with E-state index in [0.29, 0.717) is 12.3 Å². The van der Waals surface area contributed by atoms with Crippen molar-refractivity contribution in [3.8, 4) is 0 Å². The highest BCUT2D eigenvalue weighted by molar-refractivity contribution is 5.91. The maximum Gasteiger partial charge on any atom is 0.287 e. The molecule has 5 nitrogen and oxygen atoms in total. The molecule has 0 aliphatic carbocycles. The maximum atomic E-state index is 11.8. The van der Waals surface area contributed by atoms with Crippen molar-refractivity contribution >= 4 is 5.91 Å². The second kappa shape index (κ2) is 6.15. The Morgan fingerprint density at radius 2 is 2.26 bits per heavy atom. The molecule has 5 heteroatoms. The summed E-state index contributed by atoms with van der Waals surface area (Å²) < 4.78 is 5.06. The molecule has 1 N–H and O–H groups in total. The van der Waals surface area contributed by atoms with Crippen molar-refractivity contribution in [3.05, 3.63) is 54.2 Å². The van der Waals surface area contributed by atoms with Crippen LogP contribution in [0.1, 0.15) is 22.2 Å². The summed E-state index contributed by atoms with van der Waals surface area (Å²) in [5.74, 6) is 0.115. The van der Waals surface area contributed by atoms with Gasteiger partial charge >= 0.3 is 0 Å². The molecule has 2 rings (SSSR count).